The quantitative estimate of drug-likeness (QED) is 0.467. The Morgan fingerprint density at radius 2 is 1.91 bits per heavy atom. The number of nitro benzene ring substituents is 1. The highest BCUT2D eigenvalue weighted by atomic mass is 35.5. The number of hydrogen-bond acceptors (Lipinski definition) is 3. The molecule has 0 saturated heterocycles. The highest BCUT2D eigenvalue weighted by Crippen LogP contribution is 2.29. The zero-order chi connectivity index (χ0) is 15.7. The van der Waals surface area contributed by atoms with E-state index in [-0.39, 0.29) is 16.5 Å². The summed E-state index contributed by atoms with van der Waals surface area (Å²) in [6.07, 6.45) is 3.14. The van der Waals surface area contributed by atoms with E-state index in [1.165, 1.54) is 12.1 Å². The molecule has 2 aromatic rings. The van der Waals surface area contributed by atoms with Gasteiger partial charge in [-0.15, -0.1) is 0 Å². The topological polar surface area (TPSA) is 60.2 Å². The molecule has 0 bridgehead atoms. The Morgan fingerprint density at radius 3 is 2.68 bits per heavy atom. The lowest BCUT2D eigenvalue weighted by atomic mass is 9.86. The van der Waals surface area contributed by atoms with E-state index in [9.17, 15) is 14.9 Å². The average Bonchev–Trinajstić information content (AvgIpc) is 2.52. The van der Waals surface area contributed by atoms with Crippen LogP contribution in [0.4, 0.5) is 5.69 Å². The lowest BCUT2D eigenvalue weighted by molar-refractivity contribution is -0.384. The van der Waals surface area contributed by atoms with Crippen LogP contribution in [0.25, 0.3) is 6.08 Å². The molecule has 0 N–H and O–H groups in total. The molecule has 110 valence electrons. The van der Waals surface area contributed by atoms with Crippen molar-refractivity contribution >= 4 is 29.1 Å². The van der Waals surface area contributed by atoms with Gasteiger partial charge in [0.1, 0.15) is 5.02 Å². The molecule has 1 aliphatic rings. The molecule has 0 aliphatic heterocycles. The summed E-state index contributed by atoms with van der Waals surface area (Å²) in [5.74, 6) is -0.0144. The van der Waals surface area contributed by atoms with Crippen molar-refractivity contribution in [2.45, 2.75) is 12.8 Å². The highest BCUT2D eigenvalue weighted by molar-refractivity contribution is 6.32. The zero-order valence-electron chi connectivity index (χ0n) is 11.6. The first-order valence-corrected chi connectivity index (χ1v) is 7.21. The third-order valence-electron chi connectivity index (χ3n) is 3.73. The maximum absolute atomic E-state index is 12.5. The SMILES string of the molecule is O=C1C(=Cc2ccc(Cl)c([N+](=O)[O-])c2)CCc2ccccc21. The van der Waals surface area contributed by atoms with Crippen molar-refractivity contribution in [2.75, 3.05) is 0 Å². The number of carbonyl (C=O) groups is 1. The van der Waals surface area contributed by atoms with Gasteiger partial charge < -0.3 is 0 Å². The number of fused-ring (bicyclic) bond motifs is 1. The molecule has 0 aromatic heterocycles. The van der Waals surface area contributed by atoms with Gasteiger partial charge >= 0.3 is 0 Å². The smallest absolute Gasteiger partial charge is 0.288 e. The number of rotatable bonds is 2. The first kappa shape index (κ1) is 14.5. The van der Waals surface area contributed by atoms with E-state index in [1.54, 1.807) is 12.1 Å². The van der Waals surface area contributed by atoms with E-state index >= 15 is 0 Å². The number of nitro groups is 1. The first-order chi connectivity index (χ1) is 10.6. The minimum absolute atomic E-state index is 0.0144. The van der Waals surface area contributed by atoms with Gasteiger partial charge in [0.05, 0.1) is 4.92 Å². The average molecular weight is 314 g/mol. The Hall–Kier alpha value is -2.46. The van der Waals surface area contributed by atoms with Gasteiger partial charge in [0.2, 0.25) is 0 Å². The first-order valence-electron chi connectivity index (χ1n) is 6.83. The van der Waals surface area contributed by atoms with Crippen LogP contribution in [0.1, 0.15) is 27.9 Å². The zero-order valence-corrected chi connectivity index (χ0v) is 12.3. The van der Waals surface area contributed by atoms with E-state index in [4.69, 9.17) is 11.6 Å². The standard InChI is InChI=1S/C17H12ClNO3/c18-15-8-5-11(10-16(15)19(21)22)9-13-7-6-12-3-1-2-4-14(12)17(13)20/h1-5,8-10H,6-7H2. The molecule has 0 atom stereocenters. The summed E-state index contributed by atoms with van der Waals surface area (Å²) >= 11 is 5.80. The fraction of sp³-hybridized carbons (Fsp3) is 0.118. The van der Waals surface area contributed by atoms with Gasteiger partial charge in [-0.05, 0) is 36.1 Å². The predicted molar refractivity (Wildman–Crippen MR) is 85.2 cm³/mol. The number of Topliss-reactive ketones (excluding diaryl/α,β-unsaturated/α-hetero) is 1. The van der Waals surface area contributed by atoms with Gasteiger partial charge in [0.25, 0.3) is 5.69 Å². The van der Waals surface area contributed by atoms with Crippen molar-refractivity contribution in [2.24, 2.45) is 0 Å². The van der Waals surface area contributed by atoms with Crippen molar-refractivity contribution in [1.82, 2.24) is 0 Å². The summed E-state index contributed by atoms with van der Waals surface area (Å²) in [6.45, 7) is 0. The molecule has 0 radical (unpaired) electrons. The van der Waals surface area contributed by atoms with Crippen molar-refractivity contribution in [1.29, 1.82) is 0 Å². The van der Waals surface area contributed by atoms with Crippen LogP contribution in [0.15, 0.2) is 48.0 Å². The van der Waals surface area contributed by atoms with Gasteiger partial charge in [0, 0.05) is 17.2 Å². The molecule has 3 rings (SSSR count). The maximum atomic E-state index is 12.5. The summed E-state index contributed by atoms with van der Waals surface area (Å²) < 4.78 is 0. The number of hydrogen-bond donors (Lipinski definition) is 0. The number of nitrogens with zero attached hydrogens (tertiary/aromatic N) is 1. The summed E-state index contributed by atoms with van der Waals surface area (Å²) in [5.41, 5.74) is 2.88. The summed E-state index contributed by atoms with van der Waals surface area (Å²) in [5, 5.41) is 11.0. The van der Waals surface area contributed by atoms with Gasteiger partial charge in [-0.25, -0.2) is 0 Å². The summed E-state index contributed by atoms with van der Waals surface area (Å²) in [7, 11) is 0. The molecule has 1 aliphatic carbocycles. The number of halogens is 1. The van der Waals surface area contributed by atoms with Gasteiger partial charge in [0.15, 0.2) is 5.78 Å². The van der Waals surface area contributed by atoms with Crippen LogP contribution < -0.4 is 0 Å². The minimum Gasteiger partial charge on any atom is -0.289 e. The molecule has 0 unspecified atom stereocenters. The Labute approximate surface area is 132 Å². The molecule has 0 fully saturated rings. The maximum Gasteiger partial charge on any atom is 0.288 e. The number of aryl methyl sites for hydroxylation is 1. The van der Waals surface area contributed by atoms with E-state index in [0.717, 1.165) is 12.0 Å². The number of ketones is 1. The molecular formula is C17H12ClNO3. The number of benzene rings is 2. The van der Waals surface area contributed by atoms with Gasteiger partial charge in [-0.3, -0.25) is 14.9 Å². The monoisotopic (exact) mass is 313 g/mol. The van der Waals surface area contributed by atoms with Gasteiger partial charge in [-0.1, -0.05) is 41.9 Å². The molecule has 0 spiro atoms. The fourth-order valence-corrected chi connectivity index (χ4v) is 2.80. The molecule has 0 heterocycles. The van der Waals surface area contributed by atoms with Crippen LogP contribution in [0, 0.1) is 10.1 Å². The van der Waals surface area contributed by atoms with Crippen LogP contribution >= 0.6 is 11.6 Å². The molecule has 5 heteroatoms. The second kappa shape index (κ2) is 5.73. The summed E-state index contributed by atoms with van der Waals surface area (Å²) in [6, 6.07) is 12.1. The second-order valence-electron chi connectivity index (χ2n) is 5.12. The Balaban J connectivity index is 1.99. The molecule has 4 nitrogen and oxygen atoms in total. The second-order valence-corrected chi connectivity index (χ2v) is 5.53. The van der Waals surface area contributed by atoms with Crippen molar-refractivity contribution in [3.8, 4) is 0 Å². The number of allylic oxidation sites excluding steroid dienone is 1. The van der Waals surface area contributed by atoms with Crippen molar-refractivity contribution in [3.63, 3.8) is 0 Å². The molecule has 0 amide bonds. The Morgan fingerprint density at radius 1 is 1.14 bits per heavy atom. The van der Waals surface area contributed by atoms with E-state index in [2.05, 4.69) is 0 Å². The van der Waals surface area contributed by atoms with Crippen LogP contribution in [-0.2, 0) is 6.42 Å². The van der Waals surface area contributed by atoms with Crippen LogP contribution in [0.2, 0.25) is 5.02 Å². The van der Waals surface area contributed by atoms with Crippen molar-refractivity contribution in [3.05, 3.63) is 79.9 Å². The Kier molecular flexibility index (Phi) is 3.77. The molecule has 0 saturated carbocycles. The van der Waals surface area contributed by atoms with Crippen molar-refractivity contribution < 1.29 is 9.72 Å². The van der Waals surface area contributed by atoms with Gasteiger partial charge in [-0.2, -0.15) is 0 Å². The minimum atomic E-state index is -0.525. The largest absolute Gasteiger partial charge is 0.289 e. The molecular weight excluding hydrogens is 302 g/mol. The van der Waals surface area contributed by atoms with E-state index < -0.39 is 4.92 Å². The Bertz CT molecular complexity index is 811. The van der Waals surface area contributed by atoms with E-state index in [1.807, 2.05) is 24.3 Å². The number of carbonyl (C=O) groups excluding carboxylic acids is 1. The highest BCUT2D eigenvalue weighted by Gasteiger charge is 2.21. The van der Waals surface area contributed by atoms with E-state index in [0.29, 0.717) is 23.1 Å². The fourth-order valence-electron chi connectivity index (χ4n) is 2.61. The third-order valence-corrected chi connectivity index (χ3v) is 4.04. The molecule has 2 aromatic carbocycles. The predicted octanol–water partition coefficient (Wildman–Crippen LogP) is 4.46. The van der Waals surface area contributed by atoms with Crippen LogP contribution in [0.3, 0.4) is 0 Å². The lowest BCUT2D eigenvalue weighted by Crippen LogP contribution is -2.13. The lowest BCUT2D eigenvalue weighted by Gasteiger charge is -2.17. The normalized spacial score (nSPS) is 15.7. The summed E-state index contributed by atoms with van der Waals surface area (Å²) in [4.78, 5) is 22.9. The van der Waals surface area contributed by atoms with Crippen LogP contribution in [0.5, 0.6) is 0 Å². The van der Waals surface area contributed by atoms with Crippen LogP contribution in [-0.4, -0.2) is 10.7 Å². The third kappa shape index (κ3) is 2.65. The molecule has 22 heavy (non-hydrogen) atoms.